The summed E-state index contributed by atoms with van der Waals surface area (Å²) in [6.45, 7) is -0.271. The van der Waals surface area contributed by atoms with Gasteiger partial charge in [-0.1, -0.05) is 5.16 Å². The molecule has 2 N–H and O–H groups in total. The van der Waals surface area contributed by atoms with Gasteiger partial charge in [-0.05, 0) is 49.2 Å². The average Bonchev–Trinajstić information content (AvgIpc) is 3.44. The van der Waals surface area contributed by atoms with E-state index >= 15 is 0 Å². The van der Waals surface area contributed by atoms with Crippen molar-refractivity contribution >= 4 is 5.91 Å². The van der Waals surface area contributed by atoms with Gasteiger partial charge < -0.3 is 19.7 Å². The number of hydrogen-bond acceptors (Lipinski definition) is 6. The van der Waals surface area contributed by atoms with Crippen LogP contribution in [-0.4, -0.2) is 27.2 Å². The number of halogens is 1. The minimum atomic E-state index is -0.357. The van der Waals surface area contributed by atoms with Crippen molar-refractivity contribution in [2.45, 2.75) is 32.1 Å². The molecule has 0 spiro atoms. The number of nitrogens with zero attached hydrogens (tertiary/aromatic N) is 2. The van der Waals surface area contributed by atoms with Gasteiger partial charge in [0.25, 0.3) is 5.91 Å². The minimum Gasteiger partial charge on any atom is -0.487 e. The molecule has 1 aliphatic carbocycles. The van der Waals surface area contributed by atoms with E-state index in [-0.39, 0.29) is 36.7 Å². The third-order valence-electron chi connectivity index (χ3n) is 4.40. The van der Waals surface area contributed by atoms with Crippen LogP contribution in [0.5, 0.6) is 5.75 Å². The zero-order valence-electron chi connectivity index (χ0n) is 14.9. The predicted molar refractivity (Wildman–Crippen MR) is 96.9 cm³/mol. The molecule has 1 amide bonds. The highest BCUT2D eigenvalue weighted by Crippen LogP contribution is 2.27. The Bertz CT molecular complexity index is 966. The summed E-state index contributed by atoms with van der Waals surface area (Å²) >= 11 is 0. The van der Waals surface area contributed by atoms with Crippen molar-refractivity contribution in [3.8, 4) is 17.0 Å². The Morgan fingerprint density at radius 1 is 1.25 bits per heavy atom. The first-order valence-electron chi connectivity index (χ1n) is 8.88. The smallest absolute Gasteiger partial charge is 0.270 e. The summed E-state index contributed by atoms with van der Waals surface area (Å²) in [5.41, 5.74) is 2.00. The number of aliphatic hydroxyl groups is 1. The molecule has 0 saturated heterocycles. The summed E-state index contributed by atoms with van der Waals surface area (Å²) in [5, 5.41) is 16.3. The molecule has 0 atom stereocenters. The van der Waals surface area contributed by atoms with Crippen LogP contribution in [0.4, 0.5) is 4.39 Å². The first-order valence-corrected chi connectivity index (χ1v) is 8.88. The summed E-state index contributed by atoms with van der Waals surface area (Å²) in [4.78, 5) is 16.1. The molecule has 1 aromatic carbocycles. The number of rotatable bonds is 7. The second-order valence-corrected chi connectivity index (χ2v) is 6.51. The van der Waals surface area contributed by atoms with E-state index in [9.17, 15) is 14.3 Å². The van der Waals surface area contributed by atoms with Crippen LogP contribution in [0.3, 0.4) is 0 Å². The molecule has 1 aliphatic rings. The van der Waals surface area contributed by atoms with Crippen LogP contribution in [0.15, 0.2) is 47.1 Å². The number of benzene rings is 1. The number of carbonyl (C=O) groups is 1. The van der Waals surface area contributed by atoms with Gasteiger partial charge in [0.05, 0.1) is 11.8 Å². The van der Waals surface area contributed by atoms with Gasteiger partial charge in [0.2, 0.25) is 0 Å². The maximum Gasteiger partial charge on any atom is 0.270 e. The van der Waals surface area contributed by atoms with Crippen molar-refractivity contribution in [1.29, 1.82) is 0 Å². The van der Waals surface area contributed by atoms with Gasteiger partial charge in [0, 0.05) is 11.6 Å². The fourth-order valence-electron chi connectivity index (χ4n) is 2.69. The normalized spacial score (nSPS) is 13.4. The lowest BCUT2D eigenvalue weighted by Crippen LogP contribution is -2.26. The first kappa shape index (κ1) is 18.1. The van der Waals surface area contributed by atoms with Crippen molar-refractivity contribution in [1.82, 2.24) is 15.5 Å². The van der Waals surface area contributed by atoms with E-state index in [2.05, 4.69) is 15.5 Å². The van der Waals surface area contributed by atoms with Crippen molar-refractivity contribution in [2.24, 2.45) is 0 Å². The van der Waals surface area contributed by atoms with E-state index in [1.807, 2.05) is 0 Å². The third-order valence-corrected chi connectivity index (χ3v) is 4.40. The van der Waals surface area contributed by atoms with Crippen molar-refractivity contribution in [3.05, 3.63) is 65.4 Å². The van der Waals surface area contributed by atoms with Crippen LogP contribution < -0.4 is 10.1 Å². The van der Waals surface area contributed by atoms with Crippen molar-refractivity contribution in [2.75, 3.05) is 0 Å². The van der Waals surface area contributed by atoms with Gasteiger partial charge >= 0.3 is 0 Å². The highest BCUT2D eigenvalue weighted by atomic mass is 19.1. The van der Waals surface area contributed by atoms with E-state index in [4.69, 9.17) is 9.26 Å². The Morgan fingerprint density at radius 2 is 2.04 bits per heavy atom. The largest absolute Gasteiger partial charge is 0.487 e. The van der Waals surface area contributed by atoms with E-state index in [1.165, 1.54) is 18.3 Å². The zero-order chi connectivity index (χ0) is 19.5. The Morgan fingerprint density at radius 3 is 2.68 bits per heavy atom. The fraction of sp³-hybridized carbons (Fsp3) is 0.250. The van der Waals surface area contributed by atoms with E-state index < -0.39 is 0 Å². The molecule has 0 bridgehead atoms. The van der Waals surface area contributed by atoms with E-state index in [1.54, 1.807) is 24.3 Å². The SMILES string of the molecule is O=C(NC1CC1)c1ccc(OCc2c(-c3ccc(F)cc3)noc2CO)cn1. The number of pyridine rings is 1. The lowest BCUT2D eigenvalue weighted by molar-refractivity contribution is 0.0946. The molecule has 144 valence electrons. The predicted octanol–water partition coefficient (Wildman–Crippen LogP) is 2.84. The molecule has 2 aromatic heterocycles. The molecule has 7 nitrogen and oxygen atoms in total. The monoisotopic (exact) mass is 383 g/mol. The number of hydrogen-bond donors (Lipinski definition) is 2. The van der Waals surface area contributed by atoms with Gasteiger partial charge in [-0.15, -0.1) is 0 Å². The summed E-state index contributed by atoms with van der Waals surface area (Å²) in [6.07, 6.45) is 3.48. The summed E-state index contributed by atoms with van der Waals surface area (Å²) in [5.74, 6) is 0.171. The lowest BCUT2D eigenvalue weighted by atomic mass is 10.1. The number of ether oxygens (including phenoxy) is 1. The van der Waals surface area contributed by atoms with Crippen LogP contribution in [0, 0.1) is 5.82 Å². The molecule has 2 heterocycles. The van der Waals surface area contributed by atoms with Gasteiger partial charge in [0.1, 0.15) is 36.2 Å². The van der Waals surface area contributed by atoms with Crippen LogP contribution in [0.25, 0.3) is 11.3 Å². The van der Waals surface area contributed by atoms with Crippen LogP contribution in [0.1, 0.15) is 34.7 Å². The number of nitrogens with one attached hydrogen (secondary N) is 1. The first-order chi connectivity index (χ1) is 13.6. The van der Waals surface area contributed by atoms with Gasteiger partial charge in [0.15, 0.2) is 5.76 Å². The molecule has 0 radical (unpaired) electrons. The van der Waals surface area contributed by atoms with E-state index in [0.29, 0.717) is 28.3 Å². The molecule has 0 unspecified atom stereocenters. The Hall–Kier alpha value is -3.26. The van der Waals surface area contributed by atoms with Crippen LogP contribution >= 0.6 is 0 Å². The molecule has 28 heavy (non-hydrogen) atoms. The summed E-state index contributed by atoms with van der Waals surface area (Å²) in [7, 11) is 0. The molecule has 0 aliphatic heterocycles. The Kier molecular flexibility index (Phi) is 5.03. The van der Waals surface area contributed by atoms with Crippen molar-refractivity contribution < 1.29 is 23.6 Å². The second-order valence-electron chi connectivity index (χ2n) is 6.51. The lowest BCUT2D eigenvalue weighted by Gasteiger charge is -2.08. The number of amides is 1. The van der Waals surface area contributed by atoms with E-state index in [0.717, 1.165) is 12.8 Å². The highest BCUT2D eigenvalue weighted by Gasteiger charge is 2.24. The number of aliphatic hydroxyl groups excluding tert-OH is 1. The molecule has 3 aromatic rings. The Labute approximate surface area is 160 Å². The maximum atomic E-state index is 13.2. The quantitative estimate of drug-likeness (QED) is 0.651. The molecule has 1 fully saturated rings. The Balaban J connectivity index is 1.47. The topological polar surface area (TPSA) is 97.5 Å². The summed E-state index contributed by atoms with van der Waals surface area (Å²) in [6, 6.07) is 9.30. The molecular weight excluding hydrogens is 365 g/mol. The maximum absolute atomic E-state index is 13.2. The van der Waals surface area contributed by atoms with Crippen molar-refractivity contribution in [3.63, 3.8) is 0 Å². The van der Waals surface area contributed by atoms with Gasteiger partial charge in [-0.25, -0.2) is 9.37 Å². The van der Waals surface area contributed by atoms with Crippen LogP contribution in [-0.2, 0) is 13.2 Å². The van der Waals surface area contributed by atoms with Gasteiger partial charge in [-0.3, -0.25) is 4.79 Å². The second kappa shape index (κ2) is 7.77. The fourth-order valence-corrected chi connectivity index (χ4v) is 2.69. The number of carbonyl (C=O) groups excluding carboxylic acids is 1. The average molecular weight is 383 g/mol. The summed E-state index contributed by atoms with van der Waals surface area (Å²) < 4.78 is 24.1. The van der Waals surface area contributed by atoms with Gasteiger partial charge in [-0.2, -0.15) is 0 Å². The molecular formula is C20H18FN3O4. The molecule has 1 saturated carbocycles. The standard InChI is InChI=1S/C20H18FN3O4/c21-13-3-1-12(2-4-13)19-16(18(10-25)28-24-19)11-27-15-7-8-17(22-9-15)20(26)23-14-5-6-14/h1-4,7-9,14,25H,5-6,10-11H2,(H,23,26). The zero-order valence-corrected chi connectivity index (χ0v) is 14.9. The third kappa shape index (κ3) is 4.01. The van der Waals surface area contributed by atoms with Crippen LogP contribution in [0.2, 0.25) is 0 Å². The highest BCUT2D eigenvalue weighted by molar-refractivity contribution is 5.92. The molecule has 4 rings (SSSR count). The minimum absolute atomic E-state index is 0.0708. The number of aromatic nitrogens is 2. The molecule has 8 heteroatoms.